The van der Waals surface area contributed by atoms with Crippen LogP contribution in [-0.4, -0.2) is 57.8 Å². The Bertz CT molecular complexity index is 1160. The topological polar surface area (TPSA) is 112 Å². The Balaban J connectivity index is 0.00000259. The number of aliphatic hydroxyl groups excluding tert-OH is 1. The van der Waals surface area contributed by atoms with E-state index in [0.29, 0.717) is 47.9 Å². The summed E-state index contributed by atoms with van der Waals surface area (Å²) in [5.74, 6) is 1.19. The SMILES string of the molecule is CCc1ccc(OCC2CC2)c(-c2ncnc3c(C(=O)N[C@@H]4CNC[C@@H]4O)c(C)[nH]c23)c1.Cl. The van der Waals surface area contributed by atoms with E-state index in [1.54, 1.807) is 0 Å². The Hall–Kier alpha value is -2.68. The van der Waals surface area contributed by atoms with Gasteiger partial charge in [-0.15, -0.1) is 12.4 Å². The third-order valence-electron chi connectivity index (χ3n) is 6.38. The molecule has 2 fully saturated rings. The van der Waals surface area contributed by atoms with Crippen LogP contribution in [0.3, 0.4) is 0 Å². The van der Waals surface area contributed by atoms with Crippen LogP contribution in [0, 0.1) is 12.8 Å². The number of carbonyl (C=O) groups excluding carboxylic acids is 1. The summed E-state index contributed by atoms with van der Waals surface area (Å²) in [6, 6.07) is 5.89. The van der Waals surface area contributed by atoms with E-state index in [9.17, 15) is 9.90 Å². The number of H-pyrrole nitrogens is 1. The number of fused-ring (bicyclic) bond motifs is 1. The van der Waals surface area contributed by atoms with Gasteiger partial charge in [0.15, 0.2) is 0 Å². The molecule has 5 rings (SSSR count). The quantitative estimate of drug-likeness (QED) is 0.421. The molecule has 176 valence electrons. The average Bonchev–Trinajstić information content (AvgIpc) is 3.44. The third-order valence-corrected chi connectivity index (χ3v) is 6.38. The summed E-state index contributed by atoms with van der Waals surface area (Å²) in [6.45, 7) is 5.70. The molecule has 0 radical (unpaired) electrons. The van der Waals surface area contributed by atoms with E-state index in [2.05, 4.69) is 44.6 Å². The van der Waals surface area contributed by atoms with Crippen LogP contribution in [0.5, 0.6) is 5.75 Å². The molecule has 3 aromatic rings. The van der Waals surface area contributed by atoms with Gasteiger partial charge in [0.05, 0.1) is 29.8 Å². The first kappa shape index (κ1) is 23.5. The zero-order chi connectivity index (χ0) is 22.2. The Kier molecular flexibility index (Phi) is 6.88. The number of hydrogen-bond donors (Lipinski definition) is 4. The number of nitrogens with zero attached hydrogens (tertiary/aromatic N) is 2. The van der Waals surface area contributed by atoms with Crippen LogP contribution in [0.1, 0.15) is 41.4 Å². The van der Waals surface area contributed by atoms with Crippen LogP contribution in [0.15, 0.2) is 24.5 Å². The van der Waals surface area contributed by atoms with Gasteiger partial charge in [-0.3, -0.25) is 4.79 Å². The molecule has 1 aromatic carbocycles. The zero-order valence-electron chi connectivity index (χ0n) is 18.9. The van der Waals surface area contributed by atoms with E-state index in [1.165, 1.54) is 24.7 Å². The standard InChI is InChI=1S/C24H29N5O3.ClH/c1-3-14-6-7-19(32-11-15-4-5-15)16(8-14)21-23-22(27-12-26-21)20(13(2)28-23)24(31)29-17-9-25-10-18(17)30;/h6-8,12,15,17-18,25,28,30H,3-5,9-11H2,1-2H3,(H,29,31);1H/t17-,18+;/m1./s1. The van der Waals surface area contributed by atoms with Crippen molar-refractivity contribution in [3.63, 3.8) is 0 Å². The molecule has 1 aliphatic carbocycles. The number of aliphatic hydroxyl groups is 1. The normalized spacial score (nSPS) is 20.0. The Morgan fingerprint density at radius 2 is 2.09 bits per heavy atom. The summed E-state index contributed by atoms with van der Waals surface area (Å²) in [4.78, 5) is 25.4. The molecule has 1 saturated heterocycles. The van der Waals surface area contributed by atoms with Crippen molar-refractivity contribution in [3.05, 3.63) is 41.3 Å². The summed E-state index contributed by atoms with van der Waals surface area (Å²) in [6.07, 6.45) is 4.24. The summed E-state index contributed by atoms with van der Waals surface area (Å²) >= 11 is 0. The van der Waals surface area contributed by atoms with Crippen molar-refractivity contribution in [2.75, 3.05) is 19.7 Å². The fraction of sp³-hybridized carbons (Fsp3) is 0.458. The molecule has 3 heterocycles. The molecular weight excluding hydrogens is 442 g/mol. The molecule has 0 spiro atoms. The summed E-state index contributed by atoms with van der Waals surface area (Å²) in [5.41, 5.74) is 5.29. The van der Waals surface area contributed by atoms with Gasteiger partial charge in [-0.25, -0.2) is 9.97 Å². The fourth-order valence-electron chi connectivity index (χ4n) is 4.26. The molecule has 2 aliphatic rings. The highest BCUT2D eigenvalue weighted by Gasteiger charge is 2.29. The second kappa shape index (κ2) is 9.67. The lowest BCUT2D eigenvalue weighted by molar-refractivity contribution is 0.0889. The van der Waals surface area contributed by atoms with Crippen LogP contribution in [0.4, 0.5) is 0 Å². The number of ether oxygens (including phenoxy) is 1. The second-order valence-electron chi connectivity index (χ2n) is 8.81. The Morgan fingerprint density at radius 1 is 1.27 bits per heavy atom. The molecule has 1 amide bonds. The van der Waals surface area contributed by atoms with Crippen LogP contribution in [-0.2, 0) is 6.42 Å². The van der Waals surface area contributed by atoms with Crippen LogP contribution in [0.25, 0.3) is 22.3 Å². The first-order valence-corrected chi connectivity index (χ1v) is 11.3. The summed E-state index contributed by atoms with van der Waals surface area (Å²) in [5, 5.41) is 16.1. The van der Waals surface area contributed by atoms with Gasteiger partial charge in [-0.1, -0.05) is 13.0 Å². The number of amides is 1. The van der Waals surface area contributed by atoms with Gasteiger partial charge in [0.25, 0.3) is 5.91 Å². The van der Waals surface area contributed by atoms with E-state index >= 15 is 0 Å². The minimum absolute atomic E-state index is 0. The Labute approximate surface area is 199 Å². The predicted molar refractivity (Wildman–Crippen MR) is 129 cm³/mol. The number of benzene rings is 1. The Morgan fingerprint density at radius 3 is 2.79 bits per heavy atom. The maximum absolute atomic E-state index is 13.1. The van der Waals surface area contributed by atoms with Crippen molar-refractivity contribution in [3.8, 4) is 17.0 Å². The number of hydrogen-bond acceptors (Lipinski definition) is 6. The highest BCUT2D eigenvalue weighted by atomic mass is 35.5. The second-order valence-corrected chi connectivity index (χ2v) is 8.81. The van der Waals surface area contributed by atoms with E-state index in [1.807, 2.05) is 13.0 Å². The molecule has 9 heteroatoms. The van der Waals surface area contributed by atoms with Gasteiger partial charge in [0.2, 0.25) is 0 Å². The lowest BCUT2D eigenvalue weighted by Gasteiger charge is -2.15. The molecule has 2 atom stereocenters. The number of aryl methyl sites for hydroxylation is 2. The molecule has 4 N–H and O–H groups in total. The van der Waals surface area contributed by atoms with E-state index in [0.717, 1.165) is 23.4 Å². The maximum Gasteiger partial charge on any atom is 0.255 e. The molecule has 2 aromatic heterocycles. The van der Waals surface area contributed by atoms with Crippen molar-refractivity contribution in [1.82, 2.24) is 25.6 Å². The average molecular weight is 472 g/mol. The third kappa shape index (κ3) is 4.69. The van der Waals surface area contributed by atoms with Gasteiger partial charge < -0.3 is 25.5 Å². The number of halogens is 1. The minimum Gasteiger partial charge on any atom is -0.493 e. The summed E-state index contributed by atoms with van der Waals surface area (Å²) < 4.78 is 6.16. The number of aromatic nitrogens is 3. The van der Waals surface area contributed by atoms with Crippen LogP contribution >= 0.6 is 12.4 Å². The maximum atomic E-state index is 13.1. The van der Waals surface area contributed by atoms with Crippen molar-refractivity contribution in [2.24, 2.45) is 5.92 Å². The van der Waals surface area contributed by atoms with Crippen LogP contribution in [0.2, 0.25) is 0 Å². The van der Waals surface area contributed by atoms with Gasteiger partial charge in [0, 0.05) is 24.3 Å². The predicted octanol–water partition coefficient (Wildman–Crippen LogP) is 2.77. The largest absolute Gasteiger partial charge is 0.493 e. The van der Waals surface area contributed by atoms with E-state index in [-0.39, 0.29) is 24.4 Å². The monoisotopic (exact) mass is 471 g/mol. The van der Waals surface area contributed by atoms with Crippen molar-refractivity contribution >= 4 is 29.3 Å². The molecule has 0 unspecified atom stereocenters. The number of carbonyl (C=O) groups is 1. The fourth-order valence-corrected chi connectivity index (χ4v) is 4.26. The lowest BCUT2D eigenvalue weighted by atomic mass is 10.0. The van der Waals surface area contributed by atoms with Crippen molar-refractivity contribution < 1.29 is 14.6 Å². The van der Waals surface area contributed by atoms with Crippen molar-refractivity contribution in [2.45, 2.75) is 45.3 Å². The van der Waals surface area contributed by atoms with Gasteiger partial charge in [-0.2, -0.15) is 0 Å². The van der Waals surface area contributed by atoms with Crippen LogP contribution < -0.4 is 15.4 Å². The highest BCUT2D eigenvalue weighted by Crippen LogP contribution is 2.37. The number of aromatic amines is 1. The lowest BCUT2D eigenvalue weighted by Crippen LogP contribution is -2.42. The molecule has 1 saturated carbocycles. The number of rotatable bonds is 7. The molecule has 8 nitrogen and oxygen atoms in total. The minimum atomic E-state index is -0.599. The molecule has 0 bridgehead atoms. The highest BCUT2D eigenvalue weighted by molar-refractivity contribution is 6.09. The van der Waals surface area contributed by atoms with E-state index < -0.39 is 6.10 Å². The van der Waals surface area contributed by atoms with Gasteiger partial charge >= 0.3 is 0 Å². The first-order chi connectivity index (χ1) is 15.5. The number of nitrogens with one attached hydrogen (secondary N) is 3. The van der Waals surface area contributed by atoms with Crippen molar-refractivity contribution in [1.29, 1.82) is 0 Å². The smallest absolute Gasteiger partial charge is 0.255 e. The zero-order valence-corrected chi connectivity index (χ0v) is 19.7. The van der Waals surface area contributed by atoms with Gasteiger partial charge in [0.1, 0.15) is 23.3 Å². The van der Waals surface area contributed by atoms with Gasteiger partial charge in [-0.05, 0) is 49.8 Å². The molecule has 33 heavy (non-hydrogen) atoms. The van der Waals surface area contributed by atoms with E-state index in [4.69, 9.17) is 4.74 Å². The summed E-state index contributed by atoms with van der Waals surface area (Å²) in [7, 11) is 0. The first-order valence-electron chi connectivity index (χ1n) is 11.3. The number of β-amino-alcohol motifs (C(OH)–C–C–N with tert-alkyl or cyclic N) is 1. The molecular formula is C24H30ClN5O3. The molecule has 1 aliphatic heterocycles.